The Kier molecular flexibility index (Phi) is 2.33. The molecule has 90 valence electrons. The van der Waals surface area contributed by atoms with E-state index in [-0.39, 0.29) is 11.9 Å². The average molecular weight is 231 g/mol. The number of anilines is 2. The Morgan fingerprint density at radius 2 is 2.18 bits per heavy atom. The van der Waals surface area contributed by atoms with Crippen molar-refractivity contribution in [3.63, 3.8) is 0 Å². The van der Waals surface area contributed by atoms with Crippen LogP contribution >= 0.6 is 0 Å². The van der Waals surface area contributed by atoms with E-state index in [2.05, 4.69) is 42.4 Å². The number of nitrogens with zero attached hydrogens (tertiary/aromatic N) is 2. The number of piperazine rings is 1. The molecule has 0 bridgehead atoms. The first kappa shape index (κ1) is 10.6. The van der Waals surface area contributed by atoms with Crippen LogP contribution in [0.15, 0.2) is 18.2 Å². The molecule has 1 unspecified atom stereocenters. The molecule has 1 aromatic rings. The van der Waals surface area contributed by atoms with E-state index in [9.17, 15) is 4.79 Å². The van der Waals surface area contributed by atoms with Crippen LogP contribution in [0.4, 0.5) is 11.4 Å². The highest BCUT2D eigenvalue weighted by Gasteiger charge is 2.35. The van der Waals surface area contributed by atoms with E-state index in [0.717, 1.165) is 24.5 Å². The van der Waals surface area contributed by atoms with Gasteiger partial charge in [-0.05, 0) is 24.6 Å². The quantitative estimate of drug-likeness (QED) is 0.715. The van der Waals surface area contributed by atoms with Gasteiger partial charge in [-0.2, -0.15) is 0 Å². The van der Waals surface area contributed by atoms with Crippen LogP contribution < -0.4 is 15.1 Å². The van der Waals surface area contributed by atoms with Gasteiger partial charge in [-0.1, -0.05) is 6.07 Å². The Labute approximate surface area is 101 Å². The highest BCUT2D eigenvalue weighted by atomic mass is 16.2. The summed E-state index contributed by atoms with van der Waals surface area (Å²) in [5.41, 5.74) is 3.42. The van der Waals surface area contributed by atoms with E-state index in [1.54, 1.807) is 0 Å². The average Bonchev–Trinajstić information content (AvgIpc) is 2.28. The summed E-state index contributed by atoms with van der Waals surface area (Å²) in [6.07, 6.45) is 0. The minimum atomic E-state index is 0.182. The van der Waals surface area contributed by atoms with E-state index >= 15 is 0 Å². The van der Waals surface area contributed by atoms with Crippen LogP contribution in [0, 0.1) is 6.92 Å². The molecule has 0 saturated carbocycles. The number of carbonyl (C=O) groups is 1. The van der Waals surface area contributed by atoms with Gasteiger partial charge < -0.3 is 15.1 Å². The van der Waals surface area contributed by atoms with Gasteiger partial charge in [-0.15, -0.1) is 0 Å². The molecule has 4 nitrogen and oxygen atoms in total. The second kappa shape index (κ2) is 3.74. The van der Waals surface area contributed by atoms with Crippen molar-refractivity contribution >= 4 is 17.3 Å². The Bertz CT molecular complexity index is 472. The zero-order valence-corrected chi connectivity index (χ0v) is 10.2. The standard InChI is InChI=1S/C13H17N3O/c1-9-3-4-11-12(5-9)16-10(8-15(11)2)6-14-7-13(16)17/h3-5,10,14H,6-8H2,1-2H3. The first-order chi connectivity index (χ1) is 8.16. The zero-order chi connectivity index (χ0) is 12.0. The van der Waals surface area contributed by atoms with Gasteiger partial charge in [0.25, 0.3) is 0 Å². The largest absolute Gasteiger partial charge is 0.371 e. The minimum absolute atomic E-state index is 0.182. The van der Waals surface area contributed by atoms with Gasteiger partial charge in [0.15, 0.2) is 0 Å². The van der Waals surface area contributed by atoms with Crippen molar-refractivity contribution in [3.05, 3.63) is 23.8 Å². The third kappa shape index (κ3) is 1.60. The molecule has 4 heteroatoms. The van der Waals surface area contributed by atoms with E-state index in [1.165, 1.54) is 5.56 Å². The van der Waals surface area contributed by atoms with Crippen molar-refractivity contribution in [1.29, 1.82) is 0 Å². The Balaban J connectivity index is 2.12. The van der Waals surface area contributed by atoms with Crippen molar-refractivity contribution in [2.75, 3.05) is 36.5 Å². The highest BCUT2D eigenvalue weighted by Crippen LogP contribution is 2.36. The van der Waals surface area contributed by atoms with Crippen LogP contribution in [-0.2, 0) is 4.79 Å². The van der Waals surface area contributed by atoms with Crippen LogP contribution in [0.25, 0.3) is 0 Å². The first-order valence-corrected chi connectivity index (χ1v) is 6.01. The van der Waals surface area contributed by atoms with E-state index in [4.69, 9.17) is 0 Å². The second-order valence-electron chi connectivity index (χ2n) is 4.92. The molecule has 2 aliphatic rings. The van der Waals surface area contributed by atoms with Gasteiger partial charge in [0.05, 0.1) is 24.0 Å². The lowest BCUT2D eigenvalue weighted by atomic mass is 10.0. The molecule has 0 aliphatic carbocycles. The van der Waals surface area contributed by atoms with Crippen LogP contribution in [0.1, 0.15) is 5.56 Å². The fourth-order valence-electron chi connectivity index (χ4n) is 2.77. The molecular formula is C13H17N3O. The van der Waals surface area contributed by atoms with E-state index in [0.29, 0.717) is 6.54 Å². The predicted octanol–water partition coefficient (Wildman–Crippen LogP) is 0.750. The van der Waals surface area contributed by atoms with Crippen molar-refractivity contribution < 1.29 is 4.79 Å². The maximum Gasteiger partial charge on any atom is 0.241 e. The Morgan fingerprint density at radius 3 is 3.00 bits per heavy atom. The fourth-order valence-corrected chi connectivity index (χ4v) is 2.77. The Hall–Kier alpha value is -1.55. The number of nitrogens with one attached hydrogen (secondary N) is 1. The third-order valence-electron chi connectivity index (χ3n) is 3.58. The van der Waals surface area contributed by atoms with Gasteiger partial charge in [0.1, 0.15) is 0 Å². The molecule has 2 heterocycles. The van der Waals surface area contributed by atoms with Gasteiger partial charge in [-0.25, -0.2) is 0 Å². The third-order valence-corrected chi connectivity index (χ3v) is 3.58. The molecule has 1 N–H and O–H groups in total. The molecule has 1 atom stereocenters. The number of fused-ring (bicyclic) bond motifs is 3. The minimum Gasteiger partial charge on any atom is -0.371 e. The summed E-state index contributed by atoms with van der Waals surface area (Å²) in [5.74, 6) is 0.182. The van der Waals surface area contributed by atoms with Gasteiger partial charge in [0.2, 0.25) is 5.91 Å². The molecule has 0 aromatic heterocycles. The van der Waals surface area contributed by atoms with Crippen molar-refractivity contribution in [2.24, 2.45) is 0 Å². The molecule has 1 saturated heterocycles. The maximum atomic E-state index is 12.1. The number of carbonyl (C=O) groups excluding carboxylic acids is 1. The van der Waals surface area contributed by atoms with Crippen molar-refractivity contribution in [2.45, 2.75) is 13.0 Å². The molecule has 1 aromatic carbocycles. The number of aryl methyl sites for hydroxylation is 1. The normalized spacial score (nSPS) is 23.4. The summed E-state index contributed by atoms with van der Waals surface area (Å²) >= 11 is 0. The van der Waals surface area contributed by atoms with Gasteiger partial charge >= 0.3 is 0 Å². The molecule has 17 heavy (non-hydrogen) atoms. The van der Waals surface area contributed by atoms with Crippen LogP contribution in [0.5, 0.6) is 0 Å². The van der Waals surface area contributed by atoms with Gasteiger partial charge in [-0.3, -0.25) is 4.79 Å². The lowest BCUT2D eigenvalue weighted by molar-refractivity contribution is -0.119. The summed E-state index contributed by atoms with van der Waals surface area (Å²) in [6, 6.07) is 6.58. The first-order valence-electron chi connectivity index (χ1n) is 6.01. The topological polar surface area (TPSA) is 35.6 Å². The van der Waals surface area contributed by atoms with Crippen LogP contribution in [0.2, 0.25) is 0 Å². The number of hydrogen-bond donors (Lipinski definition) is 1. The lowest BCUT2D eigenvalue weighted by Crippen LogP contribution is -2.61. The Morgan fingerprint density at radius 1 is 1.35 bits per heavy atom. The van der Waals surface area contributed by atoms with Crippen LogP contribution in [0.3, 0.4) is 0 Å². The summed E-state index contributed by atoms with van der Waals surface area (Å²) in [7, 11) is 2.09. The summed E-state index contributed by atoms with van der Waals surface area (Å²) in [5, 5.41) is 3.18. The van der Waals surface area contributed by atoms with Crippen molar-refractivity contribution in [3.8, 4) is 0 Å². The van der Waals surface area contributed by atoms with E-state index in [1.807, 2.05) is 4.90 Å². The maximum absolute atomic E-state index is 12.1. The van der Waals surface area contributed by atoms with Crippen molar-refractivity contribution in [1.82, 2.24) is 5.32 Å². The zero-order valence-electron chi connectivity index (χ0n) is 10.2. The highest BCUT2D eigenvalue weighted by molar-refractivity contribution is 6.00. The number of hydrogen-bond acceptors (Lipinski definition) is 3. The second-order valence-corrected chi connectivity index (χ2v) is 4.92. The summed E-state index contributed by atoms with van der Waals surface area (Å²) < 4.78 is 0. The molecule has 1 fully saturated rings. The molecule has 3 rings (SSSR count). The number of amides is 1. The SMILES string of the molecule is Cc1ccc2c(c1)N1C(=O)CNCC1CN2C. The van der Waals surface area contributed by atoms with E-state index < -0.39 is 0 Å². The molecular weight excluding hydrogens is 214 g/mol. The molecule has 1 amide bonds. The monoisotopic (exact) mass is 231 g/mol. The predicted molar refractivity (Wildman–Crippen MR) is 68.6 cm³/mol. The summed E-state index contributed by atoms with van der Waals surface area (Å²) in [6.45, 7) is 4.29. The van der Waals surface area contributed by atoms with Crippen LogP contribution in [-0.4, -0.2) is 38.6 Å². The van der Waals surface area contributed by atoms with Gasteiger partial charge in [0, 0.05) is 20.1 Å². The number of benzene rings is 1. The molecule has 0 radical (unpaired) electrons. The number of likely N-dealkylation sites (N-methyl/N-ethyl adjacent to an activating group) is 1. The fraction of sp³-hybridized carbons (Fsp3) is 0.462. The molecule has 0 spiro atoms. The number of rotatable bonds is 0. The molecule has 2 aliphatic heterocycles. The summed E-state index contributed by atoms with van der Waals surface area (Å²) in [4.78, 5) is 16.3. The lowest BCUT2D eigenvalue weighted by Gasteiger charge is -2.44. The smallest absolute Gasteiger partial charge is 0.241 e.